The van der Waals surface area contributed by atoms with Crippen LogP contribution in [0, 0.1) is 0 Å². The standard InChI is InChI=1S/C17H21N3O2/c1-17(18-10-16(21)22)8-9-20(12-17)11-14-7-6-13-4-2-3-5-15(13)19-14/h2-7,18H,8-12H2,1H3,(H,21,22). The maximum Gasteiger partial charge on any atom is 0.317 e. The van der Waals surface area contributed by atoms with Crippen molar-refractivity contribution >= 4 is 16.9 Å². The van der Waals surface area contributed by atoms with Gasteiger partial charge in [-0.05, 0) is 25.5 Å². The van der Waals surface area contributed by atoms with Crippen molar-refractivity contribution in [2.24, 2.45) is 0 Å². The number of benzene rings is 1. The molecule has 0 aliphatic carbocycles. The second kappa shape index (κ2) is 6.02. The Hall–Kier alpha value is -1.98. The van der Waals surface area contributed by atoms with E-state index in [1.807, 2.05) is 18.2 Å². The first kappa shape index (κ1) is 14.9. The van der Waals surface area contributed by atoms with Gasteiger partial charge in [-0.3, -0.25) is 14.7 Å². The molecule has 0 saturated carbocycles. The number of nitrogens with one attached hydrogen (secondary N) is 1. The van der Waals surface area contributed by atoms with Crippen LogP contribution >= 0.6 is 0 Å². The van der Waals surface area contributed by atoms with Crippen molar-refractivity contribution in [1.29, 1.82) is 0 Å². The number of carboxylic acids is 1. The highest BCUT2D eigenvalue weighted by Crippen LogP contribution is 2.22. The molecule has 0 amide bonds. The number of pyridine rings is 1. The average Bonchev–Trinajstić information content (AvgIpc) is 2.87. The fraction of sp³-hybridized carbons (Fsp3) is 0.412. The Kier molecular flexibility index (Phi) is 4.09. The summed E-state index contributed by atoms with van der Waals surface area (Å²) in [5.74, 6) is -0.809. The van der Waals surface area contributed by atoms with E-state index in [0.717, 1.165) is 42.7 Å². The van der Waals surface area contributed by atoms with E-state index in [9.17, 15) is 4.79 Å². The number of rotatable bonds is 5. The van der Waals surface area contributed by atoms with Gasteiger partial charge in [-0.2, -0.15) is 0 Å². The average molecular weight is 299 g/mol. The lowest BCUT2D eigenvalue weighted by molar-refractivity contribution is -0.136. The van der Waals surface area contributed by atoms with E-state index in [0.29, 0.717) is 0 Å². The number of likely N-dealkylation sites (tertiary alicyclic amines) is 1. The van der Waals surface area contributed by atoms with Crippen LogP contribution in [0.15, 0.2) is 36.4 Å². The van der Waals surface area contributed by atoms with Gasteiger partial charge in [0.1, 0.15) is 0 Å². The third kappa shape index (κ3) is 3.43. The van der Waals surface area contributed by atoms with Crippen LogP contribution in [-0.4, -0.2) is 46.1 Å². The van der Waals surface area contributed by atoms with E-state index in [2.05, 4.69) is 35.3 Å². The first-order valence-corrected chi connectivity index (χ1v) is 7.58. The van der Waals surface area contributed by atoms with Gasteiger partial charge >= 0.3 is 5.97 Å². The maximum atomic E-state index is 10.7. The highest BCUT2D eigenvalue weighted by atomic mass is 16.4. The molecule has 1 unspecified atom stereocenters. The van der Waals surface area contributed by atoms with E-state index in [1.165, 1.54) is 0 Å². The molecular weight excluding hydrogens is 278 g/mol. The van der Waals surface area contributed by atoms with Crippen LogP contribution in [0.1, 0.15) is 19.0 Å². The van der Waals surface area contributed by atoms with E-state index >= 15 is 0 Å². The third-order valence-corrected chi connectivity index (χ3v) is 4.26. The lowest BCUT2D eigenvalue weighted by Gasteiger charge is -2.25. The summed E-state index contributed by atoms with van der Waals surface area (Å²) in [7, 11) is 0. The van der Waals surface area contributed by atoms with Gasteiger partial charge in [0.15, 0.2) is 0 Å². The van der Waals surface area contributed by atoms with Crippen LogP contribution in [0.3, 0.4) is 0 Å². The predicted octanol–water partition coefficient (Wildman–Crippen LogP) is 1.87. The molecule has 1 aromatic heterocycles. The Morgan fingerprint density at radius 3 is 3.00 bits per heavy atom. The van der Waals surface area contributed by atoms with Crippen molar-refractivity contribution in [1.82, 2.24) is 15.2 Å². The minimum Gasteiger partial charge on any atom is -0.480 e. The molecule has 1 saturated heterocycles. The van der Waals surface area contributed by atoms with Crippen molar-refractivity contribution in [3.8, 4) is 0 Å². The Morgan fingerprint density at radius 1 is 1.36 bits per heavy atom. The van der Waals surface area contributed by atoms with Gasteiger partial charge in [0.25, 0.3) is 0 Å². The Morgan fingerprint density at radius 2 is 2.18 bits per heavy atom. The summed E-state index contributed by atoms with van der Waals surface area (Å²) >= 11 is 0. The number of aliphatic carboxylic acids is 1. The largest absolute Gasteiger partial charge is 0.480 e. The predicted molar refractivity (Wildman–Crippen MR) is 85.7 cm³/mol. The lowest BCUT2D eigenvalue weighted by atomic mass is 10.0. The molecule has 5 nitrogen and oxygen atoms in total. The molecule has 1 aliphatic heterocycles. The third-order valence-electron chi connectivity index (χ3n) is 4.26. The quantitative estimate of drug-likeness (QED) is 0.882. The summed E-state index contributed by atoms with van der Waals surface area (Å²) in [6.45, 7) is 4.70. The van der Waals surface area contributed by atoms with Crippen molar-refractivity contribution in [3.05, 3.63) is 42.1 Å². The van der Waals surface area contributed by atoms with Crippen LogP contribution in [0.2, 0.25) is 0 Å². The second-order valence-electron chi connectivity index (χ2n) is 6.26. The normalized spacial score (nSPS) is 22.2. The zero-order valence-corrected chi connectivity index (χ0v) is 12.7. The van der Waals surface area contributed by atoms with Crippen molar-refractivity contribution in [2.75, 3.05) is 19.6 Å². The number of carbonyl (C=O) groups is 1. The minimum absolute atomic E-state index is 0.0125. The van der Waals surface area contributed by atoms with Gasteiger partial charge in [0.2, 0.25) is 0 Å². The van der Waals surface area contributed by atoms with Crippen molar-refractivity contribution < 1.29 is 9.90 Å². The molecule has 2 N–H and O–H groups in total. The molecular formula is C17H21N3O2. The summed E-state index contributed by atoms with van der Waals surface area (Å²) in [5.41, 5.74) is 1.95. The zero-order valence-electron chi connectivity index (χ0n) is 12.7. The van der Waals surface area contributed by atoms with E-state index in [1.54, 1.807) is 0 Å². The van der Waals surface area contributed by atoms with Crippen LogP contribution in [0.4, 0.5) is 0 Å². The molecule has 116 valence electrons. The van der Waals surface area contributed by atoms with Crippen molar-refractivity contribution in [2.45, 2.75) is 25.4 Å². The van der Waals surface area contributed by atoms with Crippen LogP contribution < -0.4 is 5.32 Å². The van der Waals surface area contributed by atoms with Crippen LogP contribution in [0.25, 0.3) is 10.9 Å². The molecule has 0 bridgehead atoms. The van der Waals surface area contributed by atoms with Crippen LogP contribution in [0.5, 0.6) is 0 Å². The highest BCUT2D eigenvalue weighted by Gasteiger charge is 2.33. The summed E-state index contributed by atoms with van der Waals surface area (Å²) in [5, 5.41) is 13.1. The zero-order chi connectivity index (χ0) is 15.6. The fourth-order valence-electron chi connectivity index (χ4n) is 3.05. The van der Waals surface area contributed by atoms with Gasteiger partial charge in [-0.15, -0.1) is 0 Å². The first-order chi connectivity index (χ1) is 10.5. The number of aromatic nitrogens is 1. The Labute approximate surface area is 130 Å². The topological polar surface area (TPSA) is 65.5 Å². The molecule has 1 aromatic carbocycles. The lowest BCUT2D eigenvalue weighted by Crippen LogP contribution is -2.46. The summed E-state index contributed by atoms with van der Waals surface area (Å²) in [6, 6.07) is 12.3. The molecule has 5 heteroatoms. The van der Waals surface area contributed by atoms with Gasteiger partial charge in [-0.1, -0.05) is 24.3 Å². The summed E-state index contributed by atoms with van der Waals surface area (Å²) in [6.07, 6.45) is 0.952. The molecule has 3 rings (SSSR count). The maximum absolute atomic E-state index is 10.7. The monoisotopic (exact) mass is 299 g/mol. The first-order valence-electron chi connectivity index (χ1n) is 7.58. The number of para-hydroxylation sites is 1. The van der Waals surface area contributed by atoms with Gasteiger partial charge in [0.05, 0.1) is 17.8 Å². The number of carboxylic acid groups (broad SMARTS) is 1. The molecule has 2 heterocycles. The molecule has 0 spiro atoms. The van der Waals surface area contributed by atoms with E-state index < -0.39 is 5.97 Å². The summed E-state index contributed by atoms with van der Waals surface area (Å²) < 4.78 is 0. The van der Waals surface area contributed by atoms with Crippen LogP contribution in [-0.2, 0) is 11.3 Å². The molecule has 1 aliphatic rings. The number of hydrogen-bond donors (Lipinski definition) is 2. The van der Waals surface area contributed by atoms with Gasteiger partial charge in [0, 0.05) is 30.6 Å². The Balaban J connectivity index is 1.64. The molecule has 1 fully saturated rings. The van der Waals surface area contributed by atoms with Gasteiger partial charge < -0.3 is 10.4 Å². The highest BCUT2D eigenvalue weighted by molar-refractivity contribution is 5.78. The number of hydrogen-bond acceptors (Lipinski definition) is 4. The molecule has 1 atom stereocenters. The molecule has 0 radical (unpaired) electrons. The Bertz CT molecular complexity index is 688. The SMILES string of the molecule is CC1(NCC(=O)O)CCN(Cc2ccc3ccccc3n2)C1. The summed E-state index contributed by atoms with van der Waals surface area (Å²) in [4.78, 5) is 17.7. The fourth-order valence-corrected chi connectivity index (χ4v) is 3.05. The minimum atomic E-state index is -0.809. The van der Waals surface area contributed by atoms with E-state index in [4.69, 9.17) is 10.1 Å². The number of nitrogens with zero attached hydrogens (tertiary/aromatic N) is 2. The number of fused-ring (bicyclic) bond motifs is 1. The van der Waals surface area contributed by atoms with E-state index in [-0.39, 0.29) is 12.1 Å². The smallest absolute Gasteiger partial charge is 0.317 e. The van der Waals surface area contributed by atoms with Crippen molar-refractivity contribution in [3.63, 3.8) is 0 Å². The molecule has 22 heavy (non-hydrogen) atoms. The van der Waals surface area contributed by atoms with Gasteiger partial charge in [-0.25, -0.2) is 0 Å². The molecule has 2 aromatic rings. The second-order valence-corrected chi connectivity index (χ2v) is 6.26.